The fourth-order valence-corrected chi connectivity index (χ4v) is 5.15. The molecule has 0 aliphatic carbocycles. The number of carbonyl (C=O) groups excluding carboxylic acids is 1. The fourth-order valence-electron chi connectivity index (χ4n) is 4.11. The van der Waals surface area contributed by atoms with Gasteiger partial charge in [0.15, 0.2) is 4.80 Å². The number of nitrogens with one attached hydrogen (secondary N) is 1. The first-order chi connectivity index (χ1) is 16.9. The van der Waals surface area contributed by atoms with Crippen molar-refractivity contribution in [3.8, 4) is 0 Å². The molecule has 174 valence electrons. The van der Waals surface area contributed by atoms with Gasteiger partial charge in [-0.25, -0.2) is 9.38 Å². The van der Waals surface area contributed by atoms with Crippen molar-refractivity contribution in [2.24, 2.45) is 4.99 Å². The molecule has 3 aromatic carbocycles. The maximum Gasteiger partial charge on any atom is 0.271 e. The second-order valence-electron chi connectivity index (χ2n) is 8.36. The maximum absolute atomic E-state index is 13.7. The fraction of sp³-hybridized carbons (Fsp3) is 0.107. The van der Waals surface area contributed by atoms with Gasteiger partial charge in [-0.3, -0.25) is 14.2 Å². The highest BCUT2D eigenvalue weighted by Crippen LogP contribution is 2.30. The molecular weight excluding hydrogens is 461 g/mol. The second kappa shape index (κ2) is 9.27. The Hall–Kier alpha value is -4.10. The van der Waals surface area contributed by atoms with Gasteiger partial charge in [-0.1, -0.05) is 71.5 Å². The second-order valence-corrected chi connectivity index (χ2v) is 9.37. The summed E-state index contributed by atoms with van der Waals surface area (Å²) in [6.45, 7) is 3.76. The van der Waals surface area contributed by atoms with Crippen LogP contribution in [0.4, 0.5) is 10.1 Å². The van der Waals surface area contributed by atoms with Gasteiger partial charge in [-0.15, -0.1) is 0 Å². The monoisotopic (exact) mass is 483 g/mol. The molecule has 1 N–H and O–H groups in total. The van der Waals surface area contributed by atoms with Crippen molar-refractivity contribution in [3.63, 3.8) is 0 Å². The largest absolute Gasteiger partial charge is 0.322 e. The number of carbonyl (C=O) groups is 1. The van der Waals surface area contributed by atoms with Crippen LogP contribution in [0.5, 0.6) is 0 Å². The number of aryl methyl sites for hydroxylation is 1. The number of aromatic nitrogens is 1. The molecule has 0 unspecified atom stereocenters. The van der Waals surface area contributed by atoms with Crippen LogP contribution in [0, 0.1) is 12.7 Å². The Bertz CT molecular complexity index is 1620. The summed E-state index contributed by atoms with van der Waals surface area (Å²) in [7, 11) is 0. The zero-order valence-corrected chi connectivity index (χ0v) is 20.0. The SMILES string of the molecule is CC1=C(C(=O)Nc2ccccc2)[C@H](c2ccc(F)cc2)n2c(s/c(=C\c3ccc(C)cc3)c2=O)=N1. The maximum atomic E-state index is 13.7. The van der Waals surface area contributed by atoms with Crippen LogP contribution in [-0.2, 0) is 4.79 Å². The molecule has 0 saturated carbocycles. The number of benzene rings is 3. The number of halogens is 1. The van der Waals surface area contributed by atoms with Gasteiger partial charge in [0.1, 0.15) is 5.82 Å². The number of rotatable bonds is 4. The van der Waals surface area contributed by atoms with Gasteiger partial charge in [0.2, 0.25) is 0 Å². The lowest BCUT2D eigenvalue weighted by molar-refractivity contribution is -0.113. The molecule has 7 heteroatoms. The van der Waals surface area contributed by atoms with Crippen LogP contribution in [0.25, 0.3) is 6.08 Å². The molecule has 0 saturated heterocycles. The van der Waals surface area contributed by atoms with E-state index in [0.29, 0.717) is 31.9 Å². The number of para-hydroxylation sites is 1. The molecule has 1 aromatic heterocycles. The number of nitrogens with zero attached hydrogens (tertiary/aromatic N) is 2. The molecule has 1 amide bonds. The van der Waals surface area contributed by atoms with E-state index in [1.165, 1.54) is 28.0 Å². The standard InChI is InChI=1S/C28H22FN3O2S/c1-17-8-10-19(11-9-17)16-23-27(34)32-25(20-12-14-21(29)15-13-20)24(18(2)30-28(32)35-23)26(33)31-22-6-4-3-5-7-22/h3-16,25H,1-2H3,(H,31,33)/b23-16-/t25-/m0/s1. The van der Waals surface area contributed by atoms with Gasteiger partial charge in [0.25, 0.3) is 11.5 Å². The minimum atomic E-state index is -0.740. The number of fused-ring (bicyclic) bond motifs is 1. The number of hydrogen-bond donors (Lipinski definition) is 1. The summed E-state index contributed by atoms with van der Waals surface area (Å²) in [5, 5.41) is 2.90. The molecule has 0 spiro atoms. The smallest absolute Gasteiger partial charge is 0.271 e. The van der Waals surface area contributed by atoms with Gasteiger partial charge >= 0.3 is 0 Å². The van der Waals surface area contributed by atoms with E-state index in [1.54, 1.807) is 31.2 Å². The van der Waals surface area contributed by atoms with Crippen LogP contribution >= 0.6 is 11.3 Å². The van der Waals surface area contributed by atoms with Gasteiger partial charge in [-0.05, 0) is 55.3 Å². The van der Waals surface area contributed by atoms with E-state index in [1.807, 2.05) is 55.5 Å². The van der Waals surface area contributed by atoms with Crippen molar-refractivity contribution < 1.29 is 9.18 Å². The van der Waals surface area contributed by atoms with Crippen molar-refractivity contribution in [1.82, 2.24) is 4.57 Å². The molecule has 0 fully saturated rings. The molecule has 5 nitrogen and oxygen atoms in total. The van der Waals surface area contributed by atoms with E-state index in [2.05, 4.69) is 10.3 Å². The van der Waals surface area contributed by atoms with Crippen molar-refractivity contribution >= 4 is 29.0 Å². The molecule has 0 radical (unpaired) electrons. The number of thiazole rings is 1. The van der Waals surface area contributed by atoms with Crippen molar-refractivity contribution in [3.05, 3.63) is 132 Å². The average molecular weight is 484 g/mol. The van der Waals surface area contributed by atoms with E-state index in [9.17, 15) is 14.0 Å². The molecule has 0 bridgehead atoms. The highest BCUT2D eigenvalue weighted by molar-refractivity contribution is 7.07. The van der Waals surface area contributed by atoms with E-state index >= 15 is 0 Å². The Labute approximate surface area is 205 Å². The number of amides is 1. The van der Waals surface area contributed by atoms with Gasteiger partial charge in [-0.2, -0.15) is 0 Å². The van der Waals surface area contributed by atoms with E-state index in [-0.39, 0.29) is 11.5 Å². The predicted molar refractivity (Wildman–Crippen MR) is 136 cm³/mol. The van der Waals surface area contributed by atoms with E-state index in [4.69, 9.17) is 0 Å². The normalized spacial score (nSPS) is 15.5. The van der Waals surface area contributed by atoms with Crippen LogP contribution < -0.4 is 20.2 Å². The van der Waals surface area contributed by atoms with Crippen LogP contribution in [0.15, 0.2) is 99.9 Å². The minimum Gasteiger partial charge on any atom is -0.322 e. The summed E-state index contributed by atoms with van der Waals surface area (Å²) < 4.78 is 15.8. The Balaban J connectivity index is 1.67. The summed E-state index contributed by atoms with van der Waals surface area (Å²) in [6, 6.07) is 22.1. The lowest BCUT2D eigenvalue weighted by Gasteiger charge is -2.25. The third-order valence-electron chi connectivity index (χ3n) is 5.86. The Morgan fingerprint density at radius 3 is 2.37 bits per heavy atom. The van der Waals surface area contributed by atoms with E-state index in [0.717, 1.165) is 11.1 Å². The molecule has 1 aliphatic rings. The molecule has 35 heavy (non-hydrogen) atoms. The van der Waals surface area contributed by atoms with Crippen molar-refractivity contribution in [2.45, 2.75) is 19.9 Å². The van der Waals surface area contributed by atoms with Crippen LogP contribution in [0.3, 0.4) is 0 Å². The first-order valence-electron chi connectivity index (χ1n) is 11.1. The highest BCUT2D eigenvalue weighted by Gasteiger charge is 2.32. The summed E-state index contributed by atoms with van der Waals surface area (Å²) in [6.07, 6.45) is 1.83. The van der Waals surface area contributed by atoms with Crippen LogP contribution in [0.2, 0.25) is 0 Å². The lowest BCUT2D eigenvalue weighted by Crippen LogP contribution is -2.40. The van der Waals surface area contributed by atoms with E-state index < -0.39 is 11.9 Å². The average Bonchev–Trinajstić information content (AvgIpc) is 3.15. The van der Waals surface area contributed by atoms with Gasteiger partial charge in [0.05, 0.1) is 21.8 Å². The first-order valence-corrected chi connectivity index (χ1v) is 11.9. The third kappa shape index (κ3) is 4.50. The van der Waals surface area contributed by atoms with Crippen molar-refractivity contribution in [1.29, 1.82) is 0 Å². The molecule has 5 rings (SSSR count). The quantitative estimate of drug-likeness (QED) is 0.470. The lowest BCUT2D eigenvalue weighted by atomic mass is 9.95. The molecule has 2 heterocycles. The van der Waals surface area contributed by atoms with Gasteiger partial charge in [0, 0.05) is 5.69 Å². The molecule has 1 aliphatic heterocycles. The molecule has 1 atom stereocenters. The summed E-state index contributed by atoms with van der Waals surface area (Å²) >= 11 is 1.27. The topological polar surface area (TPSA) is 63.5 Å². The number of hydrogen-bond acceptors (Lipinski definition) is 4. The zero-order valence-electron chi connectivity index (χ0n) is 19.2. The minimum absolute atomic E-state index is 0.249. The Morgan fingerprint density at radius 1 is 1.00 bits per heavy atom. The third-order valence-corrected chi connectivity index (χ3v) is 6.84. The first kappa shape index (κ1) is 22.7. The van der Waals surface area contributed by atoms with Gasteiger partial charge < -0.3 is 5.32 Å². The Kier molecular flexibility index (Phi) is 6.01. The van der Waals surface area contributed by atoms with Crippen LogP contribution in [-0.4, -0.2) is 10.5 Å². The summed E-state index contributed by atoms with van der Waals surface area (Å²) in [4.78, 5) is 32.2. The molecular formula is C28H22FN3O2S. The highest BCUT2D eigenvalue weighted by atomic mass is 32.1. The molecule has 4 aromatic rings. The Morgan fingerprint density at radius 2 is 1.69 bits per heavy atom. The number of anilines is 1. The van der Waals surface area contributed by atoms with Crippen LogP contribution in [0.1, 0.15) is 29.7 Å². The summed E-state index contributed by atoms with van der Waals surface area (Å²) in [5.41, 5.74) is 3.89. The van der Waals surface area contributed by atoms with Crippen molar-refractivity contribution in [2.75, 3.05) is 5.32 Å². The zero-order chi connectivity index (χ0) is 24.5. The number of allylic oxidation sites excluding steroid dienone is 1. The predicted octanol–water partition coefficient (Wildman–Crippen LogP) is 4.32. The summed E-state index contributed by atoms with van der Waals surface area (Å²) in [5.74, 6) is -0.754.